The molecule has 0 amide bonds. The molecule has 1 saturated carbocycles. The highest BCUT2D eigenvalue weighted by Gasteiger charge is 2.29. The molecule has 106 valence electrons. The molecule has 0 atom stereocenters. The lowest BCUT2D eigenvalue weighted by atomic mass is 10.1. The van der Waals surface area contributed by atoms with E-state index in [4.69, 9.17) is 5.73 Å². The average molecular weight is 277 g/mol. The van der Waals surface area contributed by atoms with Gasteiger partial charge in [0.1, 0.15) is 0 Å². The highest BCUT2D eigenvalue weighted by atomic mass is 15.2. The lowest BCUT2D eigenvalue weighted by Crippen LogP contribution is -2.26. The van der Waals surface area contributed by atoms with Crippen LogP contribution in [0, 0.1) is 11.3 Å². The summed E-state index contributed by atoms with van der Waals surface area (Å²) < 4.78 is 0. The van der Waals surface area contributed by atoms with Gasteiger partial charge in [-0.05, 0) is 36.1 Å². The zero-order valence-corrected chi connectivity index (χ0v) is 12.0. The van der Waals surface area contributed by atoms with E-state index in [0.29, 0.717) is 6.04 Å². The van der Waals surface area contributed by atoms with Crippen LogP contribution >= 0.6 is 0 Å². The molecule has 0 spiro atoms. The molecular weight excluding hydrogens is 258 g/mol. The molecule has 3 heteroatoms. The molecule has 0 heterocycles. The minimum absolute atomic E-state index is 0.622. The molecule has 0 aliphatic heterocycles. The van der Waals surface area contributed by atoms with E-state index in [-0.39, 0.29) is 0 Å². The molecule has 1 aliphatic carbocycles. The first kappa shape index (κ1) is 13.7. The van der Waals surface area contributed by atoms with Gasteiger partial charge in [-0.3, -0.25) is 4.90 Å². The molecule has 0 bridgehead atoms. The molecule has 0 radical (unpaired) electrons. The van der Waals surface area contributed by atoms with E-state index in [1.54, 1.807) is 0 Å². The lowest BCUT2D eigenvalue weighted by Gasteiger charge is -2.23. The van der Waals surface area contributed by atoms with Gasteiger partial charge in [0.15, 0.2) is 0 Å². The monoisotopic (exact) mass is 277 g/mol. The third-order valence-electron chi connectivity index (χ3n) is 4.00. The fourth-order valence-electron chi connectivity index (χ4n) is 2.64. The van der Waals surface area contributed by atoms with Crippen molar-refractivity contribution >= 4 is 5.69 Å². The van der Waals surface area contributed by atoms with Crippen LogP contribution in [-0.2, 0) is 13.1 Å². The third kappa shape index (κ3) is 3.24. The van der Waals surface area contributed by atoms with Crippen LogP contribution in [0.25, 0.3) is 0 Å². The molecule has 2 N–H and O–H groups in total. The van der Waals surface area contributed by atoms with Crippen molar-refractivity contribution in [2.45, 2.75) is 32.0 Å². The first-order valence-corrected chi connectivity index (χ1v) is 7.33. The summed E-state index contributed by atoms with van der Waals surface area (Å²) in [4.78, 5) is 2.43. The molecule has 0 unspecified atom stereocenters. The van der Waals surface area contributed by atoms with Gasteiger partial charge in [-0.2, -0.15) is 5.26 Å². The van der Waals surface area contributed by atoms with Gasteiger partial charge in [0, 0.05) is 24.8 Å². The summed E-state index contributed by atoms with van der Waals surface area (Å²) in [5.74, 6) is 0. The van der Waals surface area contributed by atoms with Crippen molar-refractivity contribution in [3.63, 3.8) is 0 Å². The van der Waals surface area contributed by atoms with Crippen molar-refractivity contribution in [1.29, 1.82) is 5.26 Å². The number of nitrogen functional groups attached to an aromatic ring is 1. The summed E-state index contributed by atoms with van der Waals surface area (Å²) in [5, 5.41) is 9.23. The second-order valence-corrected chi connectivity index (χ2v) is 5.60. The quantitative estimate of drug-likeness (QED) is 0.853. The Bertz CT molecular complexity index is 668. The number of anilines is 1. The number of hydrogen-bond donors (Lipinski definition) is 1. The fourth-order valence-corrected chi connectivity index (χ4v) is 2.64. The predicted molar refractivity (Wildman–Crippen MR) is 84.3 cm³/mol. The SMILES string of the molecule is N#Cc1ccccc1CN(Cc1ccccc1N)C1CC1. The van der Waals surface area contributed by atoms with Gasteiger partial charge < -0.3 is 5.73 Å². The van der Waals surface area contributed by atoms with Crippen molar-refractivity contribution in [2.75, 3.05) is 5.73 Å². The van der Waals surface area contributed by atoms with Crippen molar-refractivity contribution < 1.29 is 0 Å². The second-order valence-electron chi connectivity index (χ2n) is 5.60. The Kier molecular flexibility index (Phi) is 3.89. The molecule has 1 fully saturated rings. The van der Waals surface area contributed by atoms with E-state index < -0.39 is 0 Å². The molecule has 3 rings (SSSR count). The van der Waals surface area contributed by atoms with E-state index >= 15 is 0 Å². The second kappa shape index (κ2) is 5.99. The fraction of sp³-hybridized carbons (Fsp3) is 0.278. The summed E-state index contributed by atoms with van der Waals surface area (Å²) in [6.45, 7) is 1.65. The van der Waals surface area contributed by atoms with Gasteiger partial charge in [-0.25, -0.2) is 0 Å². The Balaban J connectivity index is 1.80. The minimum atomic E-state index is 0.622. The Morgan fingerprint density at radius 2 is 1.62 bits per heavy atom. The molecular formula is C18H19N3. The van der Waals surface area contributed by atoms with Crippen molar-refractivity contribution in [3.8, 4) is 6.07 Å². The first-order chi connectivity index (χ1) is 10.3. The summed E-state index contributed by atoms with van der Waals surface area (Å²) in [6, 6.07) is 18.8. The number of benzene rings is 2. The van der Waals surface area contributed by atoms with Gasteiger partial charge in [0.05, 0.1) is 11.6 Å². The number of nitrogens with zero attached hydrogens (tertiary/aromatic N) is 2. The Labute approximate surface area is 125 Å². The van der Waals surface area contributed by atoms with Crippen molar-refractivity contribution in [2.24, 2.45) is 0 Å². The lowest BCUT2D eigenvalue weighted by molar-refractivity contribution is 0.246. The van der Waals surface area contributed by atoms with E-state index in [9.17, 15) is 5.26 Å². The van der Waals surface area contributed by atoms with Gasteiger partial charge in [0.25, 0.3) is 0 Å². The highest BCUT2D eigenvalue weighted by molar-refractivity contribution is 5.46. The van der Waals surface area contributed by atoms with Crippen LogP contribution in [0.4, 0.5) is 5.69 Å². The van der Waals surface area contributed by atoms with Crippen molar-refractivity contribution in [3.05, 3.63) is 65.2 Å². The summed E-state index contributed by atoms with van der Waals surface area (Å²) in [7, 11) is 0. The van der Waals surface area contributed by atoms with Crippen molar-refractivity contribution in [1.82, 2.24) is 4.90 Å². The normalized spacial score (nSPS) is 14.1. The molecule has 0 saturated heterocycles. The number of para-hydroxylation sites is 1. The zero-order valence-electron chi connectivity index (χ0n) is 12.0. The number of nitrogens with two attached hydrogens (primary N) is 1. The summed E-state index contributed by atoms with van der Waals surface area (Å²) in [6.07, 6.45) is 2.48. The van der Waals surface area contributed by atoms with Crippen LogP contribution in [0.5, 0.6) is 0 Å². The van der Waals surface area contributed by atoms with Crippen LogP contribution in [0.2, 0.25) is 0 Å². The molecule has 21 heavy (non-hydrogen) atoms. The van der Waals surface area contributed by atoms with E-state index in [0.717, 1.165) is 29.9 Å². The van der Waals surface area contributed by atoms with Gasteiger partial charge in [0.2, 0.25) is 0 Å². The van der Waals surface area contributed by atoms with E-state index in [1.165, 1.54) is 18.4 Å². The van der Waals surface area contributed by atoms with Gasteiger partial charge in [-0.1, -0.05) is 36.4 Å². The third-order valence-corrected chi connectivity index (χ3v) is 4.00. The Hall–Kier alpha value is -2.31. The number of hydrogen-bond acceptors (Lipinski definition) is 3. The molecule has 2 aromatic rings. The van der Waals surface area contributed by atoms with Gasteiger partial charge >= 0.3 is 0 Å². The highest BCUT2D eigenvalue weighted by Crippen LogP contribution is 2.31. The predicted octanol–water partition coefficient (Wildman–Crippen LogP) is 3.31. The zero-order chi connectivity index (χ0) is 14.7. The number of nitriles is 1. The van der Waals surface area contributed by atoms with Crippen LogP contribution in [0.15, 0.2) is 48.5 Å². The summed E-state index contributed by atoms with van der Waals surface area (Å²) >= 11 is 0. The number of rotatable bonds is 5. The maximum absolute atomic E-state index is 9.23. The minimum Gasteiger partial charge on any atom is -0.398 e. The van der Waals surface area contributed by atoms with Crippen LogP contribution in [0.1, 0.15) is 29.5 Å². The van der Waals surface area contributed by atoms with Gasteiger partial charge in [-0.15, -0.1) is 0 Å². The molecule has 3 nitrogen and oxygen atoms in total. The largest absolute Gasteiger partial charge is 0.398 e. The van der Waals surface area contributed by atoms with Crippen LogP contribution in [0.3, 0.4) is 0 Å². The Morgan fingerprint density at radius 3 is 2.29 bits per heavy atom. The topological polar surface area (TPSA) is 53.0 Å². The maximum atomic E-state index is 9.23. The average Bonchev–Trinajstić information content (AvgIpc) is 3.34. The molecule has 2 aromatic carbocycles. The van der Waals surface area contributed by atoms with Crippen LogP contribution < -0.4 is 5.73 Å². The first-order valence-electron chi connectivity index (χ1n) is 7.33. The van der Waals surface area contributed by atoms with E-state index in [1.807, 2.05) is 42.5 Å². The maximum Gasteiger partial charge on any atom is 0.0995 e. The molecule has 1 aliphatic rings. The van der Waals surface area contributed by atoms with E-state index in [2.05, 4.69) is 17.0 Å². The standard InChI is InChI=1S/C18H19N3/c19-11-14-5-1-2-6-15(14)12-21(17-9-10-17)13-16-7-3-4-8-18(16)20/h1-8,17H,9-10,12-13,20H2. The Morgan fingerprint density at radius 1 is 1.00 bits per heavy atom. The van der Waals surface area contributed by atoms with Crippen LogP contribution in [-0.4, -0.2) is 10.9 Å². The summed E-state index contributed by atoms with van der Waals surface area (Å²) in [5.41, 5.74) is 9.94. The molecule has 0 aromatic heterocycles. The smallest absolute Gasteiger partial charge is 0.0995 e.